The van der Waals surface area contributed by atoms with E-state index in [1.54, 1.807) is 0 Å². The molecule has 3 aliphatic rings. The van der Waals surface area contributed by atoms with Crippen LogP contribution in [0.25, 0.3) is 0 Å². The molecule has 0 aromatic heterocycles. The van der Waals surface area contributed by atoms with Crippen molar-refractivity contribution in [3.63, 3.8) is 0 Å². The van der Waals surface area contributed by atoms with E-state index in [-0.39, 0.29) is 17.0 Å². The molecular formula is C9H14O2. The van der Waals surface area contributed by atoms with Gasteiger partial charge < -0.3 is 4.74 Å². The number of fused-ring (bicyclic) bond motifs is 3. The second-order valence-corrected chi connectivity index (χ2v) is 4.40. The molecule has 0 radical (unpaired) electrons. The minimum atomic E-state index is -0.141. The van der Waals surface area contributed by atoms with Gasteiger partial charge in [-0.25, -0.2) is 0 Å². The molecule has 2 heteroatoms. The minimum Gasteiger partial charge on any atom is -0.459 e. The van der Waals surface area contributed by atoms with Gasteiger partial charge in [-0.3, -0.25) is 4.79 Å². The molecule has 11 heavy (non-hydrogen) atoms. The molecule has 62 valence electrons. The van der Waals surface area contributed by atoms with Crippen LogP contribution in [0.5, 0.6) is 0 Å². The van der Waals surface area contributed by atoms with E-state index < -0.39 is 0 Å². The Morgan fingerprint density at radius 2 is 1.73 bits per heavy atom. The zero-order chi connectivity index (χ0) is 8.11. The fraction of sp³-hybridized carbons (Fsp3) is 0.889. The topological polar surface area (TPSA) is 26.3 Å². The fourth-order valence-electron chi connectivity index (χ4n) is 1.98. The van der Waals surface area contributed by atoms with Crippen LogP contribution in [0.3, 0.4) is 0 Å². The molecule has 0 unspecified atom stereocenters. The Kier molecular flexibility index (Phi) is 1.16. The van der Waals surface area contributed by atoms with E-state index in [2.05, 4.69) is 0 Å². The molecular weight excluding hydrogens is 140 g/mol. The normalized spacial score (nSPS) is 49.1. The van der Waals surface area contributed by atoms with E-state index in [1.165, 1.54) is 0 Å². The van der Waals surface area contributed by atoms with Crippen molar-refractivity contribution in [2.24, 2.45) is 5.41 Å². The van der Waals surface area contributed by atoms with Gasteiger partial charge in [-0.1, -0.05) is 0 Å². The molecule has 0 amide bonds. The monoisotopic (exact) mass is 154 g/mol. The first-order valence-electron chi connectivity index (χ1n) is 4.28. The van der Waals surface area contributed by atoms with Gasteiger partial charge >= 0.3 is 5.97 Å². The summed E-state index contributed by atoms with van der Waals surface area (Å²) >= 11 is 0. The predicted molar refractivity (Wildman–Crippen MR) is 41.1 cm³/mol. The van der Waals surface area contributed by atoms with Crippen LogP contribution in [-0.4, -0.2) is 11.6 Å². The van der Waals surface area contributed by atoms with Gasteiger partial charge in [-0.05, 0) is 39.5 Å². The van der Waals surface area contributed by atoms with Crippen LogP contribution in [0, 0.1) is 5.41 Å². The molecule has 0 atom stereocenters. The van der Waals surface area contributed by atoms with Gasteiger partial charge in [0.05, 0.1) is 5.41 Å². The Labute approximate surface area is 66.9 Å². The van der Waals surface area contributed by atoms with Crippen LogP contribution in [0.4, 0.5) is 0 Å². The van der Waals surface area contributed by atoms with E-state index in [0.717, 1.165) is 25.7 Å². The van der Waals surface area contributed by atoms with Crippen molar-refractivity contribution in [2.45, 2.75) is 45.1 Å². The van der Waals surface area contributed by atoms with Crippen LogP contribution in [0.1, 0.15) is 39.5 Å². The molecule has 2 heterocycles. The number of rotatable bonds is 0. The van der Waals surface area contributed by atoms with Gasteiger partial charge in [-0.2, -0.15) is 0 Å². The Morgan fingerprint density at radius 3 is 2.09 bits per heavy atom. The molecule has 2 bridgehead atoms. The van der Waals surface area contributed by atoms with Crippen molar-refractivity contribution in [1.82, 2.24) is 0 Å². The smallest absolute Gasteiger partial charge is 0.312 e. The molecule has 0 spiro atoms. The number of carbonyl (C=O) groups is 1. The number of carbonyl (C=O) groups excluding carboxylic acids is 1. The lowest BCUT2D eigenvalue weighted by molar-refractivity contribution is -0.197. The summed E-state index contributed by atoms with van der Waals surface area (Å²) in [7, 11) is 0. The molecule has 3 rings (SSSR count). The highest BCUT2D eigenvalue weighted by molar-refractivity contribution is 5.78. The van der Waals surface area contributed by atoms with Crippen molar-refractivity contribution in [2.75, 3.05) is 0 Å². The number of hydrogen-bond donors (Lipinski definition) is 0. The molecule has 1 saturated carbocycles. The largest absolute Gasteiger partial charge is 0.459 e. The summed E-state index contributed by atoms with van der Waals surface area (Å²) < 4.78 is 5.34. The first-order valence-corrected chi connectivity index (χ1v) is 4.28. The standard InChI is InChI=1S/C9H14O2/c1-8-3-5-9(2,6-4-8)11-7(8)10/h3-6H2,1-2H3. The third-order valence-corrected chi connectivity index (χ3v) is 3.24. The molecule has 1 aliphatic carbocycles. The van der Waals surface area contributed by atoms with Gasteiger partial charge in [0, 0.05) is 0 Å². The summed E-state index contributed by atoms with van der Waals surface area (Å²) in [5.74, 6) is 0.0255. The number of ether oxygens (including phenoxy) is 1. The molecule has 2 saturated heterocycles. The van der Waals surface area contributed by atoms with Gasteiger partial charge in [-0.15, -0.1) is 0 Å². The van der Waals surface area contributed by atoms with Crippen LogP contribution in [0.15, 0.2) is 0 Å². The summed E-state index contributed by atoms with van der Waals surface area (Å²) in [5, 5.41) is 0. The zero-order valence-electron chi connectivity index (χ0n) is 7.14. The quantitative estimate of drug-likeness (QED) is 0.498. The maximum absolute atomic E-state index is 11.4. The first-order chi connectivity index (χ1) is 5.04. The molecule has 2 aliphatic heterocycles. The molecule has 0 aromatic carbocycles. The fourth-order valence-corrected chi connectivity index (χ4v) is 1.98. The van der Waals surface area contributed by atoms with Gasteiger partial charge in [0.2, 0.25) is 0 Å². The highest BCUT2D eigenvalue weighted by Gasteiger charge is 2.51. The Balaban J connectivity index is 2.29. The van der Waals surface area contributed by atoms with Crippen LogP contribution in [0.2, 0.25) is 0 Å². The first kappa shape index (κ1) is 7.14. The van der Waals surface area contributed by atoms with Gasteiger partial charge in [0.1, 0.15) is 5.60 Å². The minimum absolute atomic E-state index is 0.0255. The van der Waals surface area contributed by atoms with E-state index >= 15 is 0 Å². The van der Waals surface area contributed by atoms with E-state index in [4.69, 9.17) is 4.74 Å². The van der Waals surface area contributed by atoms with Crippen molar-refractivity contribution in [3.05, 3.63) is 0 Å². The van der Waals surface area contributed by atoms with Crippen LogP contribution >= 0.6 is 0 Å². The Morgan fingerprint density at radius 1 is 1.18 bits per heavy atom. The highest BCUT2D eigenvalue weighted by atomic mass is 16.6. The summed E-state index contributed by atoms with van der Waals surface area (Å²) in [4.78, 5) is 11.4. The maximum Gasteiger partial charge on any atom is 0.312 e. The van der Waals surface area contributed by atoms with Gasteiger partial charge in [0.25, 0.3) is 0 Å². The summed E-state index contributed by atoms with van der Waals surface area (Å²) in [6, 6.07) is 0. The predicted octanol–water partition coefficient (Wildman–Crippen LogP) is 1.88. The van der Waals surface area contributed by atoms with E-state index in [1.807, 2.05) is 13.8 Å². The average molecular weight is 154 g/mol. The average Bonchev–Trinajstić information content (AvgIpc) is 1.94. The summed E-state index contributed by atoms with van der Waals surface area (Å²) in [5.41, 5.74) is -0.257. The van der Waals surface area contributed by atoms with Crippen molar-refractivity contribution < 1.29 is 9.53 Å². The molecule has 0 N–H and O–H groups in total. The molecule has 3 fully saturated rings. The molecule has 2 nitrogen and oxygen atoms in total. The van der Waals surface area contributed by atoms with Crippen molar-refractivity contribution in [1.29, 1.82) is 0 Å². The Bertz CT molecular complexity index is 200. The van der Waals surface area contributed by atoms with Crippen molar-refractivity contribution >= 4 is 5.97 Å². The summed E-state index contributed by atoms with van der Waals surface area (Å²) in [6.07, 6.45) is 4.13. The lowest BCUT2D eigenvalue weighted by atomic mass is 9.67. The van der Waals surface area contributed by atoms with Crippen LogP contribution in [-0.2, 0) is 9.53 Å². The van der Waals surface area contributed by atoms with Crippen molar-refractivity contribution in [3.8, 4) is 0 Å². The third kappa shape index (κ3) is 0.883. The second-order valence-electron chi connectivity index (χ2n) is 4.40. The van der Waals surface area contributed by atoms with Crippen LogP contribution < -0.4 is 0 Å². The highest BCUT2D eigenvalue weighted by Crippen LogP contribution is 2.48. The molecule has 0 aromatic rings. The second kappa shape index (κ2) is 1.79. The number of hydrogen-bond acceptors (Lipinski definition) is 2. The number of esters is 1. The SMILES string of the molecule is CC12CCC(C)(CC1)C(=O)O2. The third-order valence-electron chi connectivity index (χ3n) is 3.24. The Hall–Kier alpha value is -0.530. The van der Waals surface area contributed by atoms with Gasteiger partial charge in [0.15, 0.2) is 0 Å². The van der Waals surface area contributed by atoms with E-state index in [0.29, 0.717) is 0 Å². The lowest BCUT2D eigenvalue weighted by Gasteiger charge is -2.48. The van der Waals surface area contributed by atoms with E-state index in [9.17, 15) is 4.79 Å². The lowest BCUT2D eigenvalue weighted by Crippen LogP contribution is -2.51. The maximum atomic E-state index is 11.4. The zero-order valence-corrected chi connectivity index (χ0v) is 7.14. The summed E-state index contributed by atoms with van der Waals surface area (Å²) in [6.45, 7) is 4.07.